The maximum absolute atomic E-state index is 13.1. The number of rotatable bonds is 3. The Labute approximate surface area is 148 Å². The van der Waals surface area contributed by atoms with E-state index in [9.17, 15) is 9.59 Å². The van der Waals surface area contributed by atoms with Gasteiger partial charge >= 0.3 is 0 Å². The molecule has 0 spiro atoms. The number of piperidine rings is 1. The Morgan fingerprint density at radius 3 is 2.44 bits per heavy atom. The lowest BCUT2D eigenvalue weighted by Gasteiger charge is -2.44. The number of nitrogens with zero attached hydrogens (tertiary/aromatic N) is 2. The second-order valence-corrected chi connectivity index (χ2v) is 7.14. The lowest BCUT2D eigenvalue weighted by Crippen LogP contribution is -2.58. The average molecular weight is 345 g/mol. The van der Waals surface area contributed by atoms with Crippen molar-refractivity contribution in [1.82, 2.24) is 9.80 Å². The number of nitrogens with two attached hydrogens (primary N) is 1. The van der Waals surface area contributed by atoms with Crippen LogP contribution in [-0.4, -0.2) is 59.5 Å². The average Bonchev–Trinajstić information content (AvgIpc) is 2.62. The quantitative estimate of drug-likeness (QED) is 0.896. The molecule has 2 aliphatic rings. The number of ether oxygens (including phenoxy) is 1. The highest BCUT2D eigenvalue weighted by molar-refractivity contribution is 5.86. The highest BCUT2D eigenvalue weighted by Gasteiger charge is 2.44. The van der Waals surface area contributed by atoms with Crippen LogP contribution in [0.1, 0.15) is 38.3 Å². The standard InChI is InChI=1S/C19H27N3O3/c1-13(2)22-16(23)12-25-18(17(22)14-6-4-3-5-7-14)19(24)21-10-8-15(20)9-11-21/h3-7,13,15,17-18H,8-12,20H2,1-2H3/t17-,18+/m1/s1. The van der Waals surface area contributed by atoms with E-state index in [1.165, 1.54) is 0 Å². The summed E-state index contributed by atoms with van der Waals surface area (Å²) in [5.74, 6) is -0.118. The summed E-state index contributed by atoms with van der Waals surface area (Å²) in [6, 6.07) is 9.44. The van der Waals surface area contributed by atoms with Gasteiger partial charge < -0.3 is 20.3 Å². The van der Waals surface area contributed by atoms with Crippen LogP contribution in [0.5, 0.6) is 0 Å². The van der Waals surface area contributed by atoms with Crippen molar-refractivity contribution in [3.05, 3.63) is 35.9 Å². The second-order valence-electron chi connectivity index (χ2n) is 7.14. The highest BCUT2D eigenvalue weighted by atomic mass is 16.5. The van der Waals surface area contributed by atoms with E-state index in [2.05, 4.69) is 0 Å². The first-order valence-corrected chi connectivity index (χ1v) is 9.01. The van der Waals surface area contributed by atoms with Gasteiger partial charge in [-0.05, 0) is 32.3 Å². The minimum Gasteiger partial charge on any atom is -0.356 e. The molecular formula is C19H27N3O3. The van der Waals surface area contributed by atoms with E-state index in [-0.39, 0.29) is 30.5 Å². The van der Waals surface area contributed by atoms with Crippen molar-refractivity contribution in [2.24, 2.45) is 5.73 Å². The monoisotopic (exact) mass is 345 g/mol. The molecule has 2 fully saturated rings. The second kappa shape index (κ2) is 7.54. The van der Waals surface area contributed by atoms with Gasteiger partial charge in [-0.25, -0.2) is 0 Å². The van der Waals surface area contributed by atoms with E-state index in [4.69, 9.17) is 10.5 Å². The molecule has 0 saturated carbocycles. The van der Waals surface area contributed by atoms with Gasteiger partial charge in [0.1, 0.15) is 6.61 Å². The Balaban J connectivity index is 1.90. The molecule has 2 heterocycles. The maximum Gasteiger partial charge on any atom is 0.254 e. The minimum absolute atomic E-state index is 0.00770. The van der Waals surface area contributed by atoms with Crippen LogP contribution in [0.2, 0.25) is 0 Å². The lowest BCUT2D eigenvalue weighted by atomic mass is 9.94. The molecule has 136 valence electrons. The Bertz CT molecular complexity index is 612. The summed E-state index contributed by atoms with van der Waals surface area (Å²) in [4.78, 5) is 29.2. The van der Waals surface area contributed by atoms with Crippen molar-refractivity contribution in [1.29, 1.82) is 0 Å². The van der Waals surface area contributed by atoms with Crippen LogP contribution in [-0.2, 0) is 14.3 Å². The lowest BCUT2D eigenvalue weighted by molar-refractivity contribution is -0.172. The van der Waals surface area contributed by atoms with E-state index in [1.54, 1.807) is 4.90 Å². The van der Waals surface area contributed by atoms with Crippen LogP contribution in [0.4, 0.5) is 0 Å². The van der Waals surface area contributed by atoms with E-state index in [0.717, 1.165) is 18.4 Å². The molecule has 2 saturated heterocycles. The first-order chi connectivity index (χ1) is 12.0. The molecule has 6 nitrogen and oxygen atoms in total. The van der Waals surface area contributed by atoms with Gasteiger partial charge in [-0.3, -0.25) is 9.59 Å². The summed E-state index contributed by atoms with van der Waals surface area (Å²) in [6.07, 6.45) is 0.944. The van der Waals surface area contributed by atoms with Crippen molar-refractivity contribution in [2.75, 3.05) is 19.7 Å². The number of hydrogen-bond acceptors (Lipinski definition) is 4. The van der Waals surface area contributed by atoms with Gasteiger partial charge in [0, 0.05) is 25.2 Å². The van der Waals surface area contributed by atoms with Gasteiger partial charge in [-0.2, -0.15) is 0 Å². The predicted octanol–water partition coefficient (Wildman–Crippen LogP) is 1.31. The summed E-state index contributed by atoms with van der Waals surface area (Å²) in [7, 11) is 0. The van der Waals surface area contributed by atoms with Crippen LogP contribution in [0.25, 0.3) is 0 Å². The number of likely N-dealkylation sites (tertiary alicyclic amines) is 1. The first-order valence-electron chi connectivity index (χ1n) is 9.01. The topological polar surface area (TPSA) is 75.9 Å². The normalized spacial score (nSPS) is 25.5. The van der Waals surface area contributed by atoms with Crippen LogP contribution in [0, 0.1) is 0 Å². The smallest absolute Gasteiger partial charge is 0.254 e. The van der Waals surface area contributed by atoms with E-state index in [0.29, 0.717) is 13.1 Å². The molecule has 2 amide bonds. The predicted molar refractivity (Wildman–Crippen MR) is 94.7 cm³/mol. The molecule has 1 aromatic carbocycles. The third-order valence-electron chi connectivity index (χ3n) is 5.05. The van der Waals surface area contributed by atoms with Crippen molar-refractivity contribution < 1.29 is 14.3 Å². The molecule has 0 radical (unpaired) electrons. The summed E-state index contributed by atoms with van der Waals surface area (Å²) < 4.78 is 5.77. The summed E-state index contributed by atoms with van der Waals surface area (Å²) in [5, 5.41) is 0. The Morgan fingerprint density at radius 1 is 1.20 bits per heavy atom. The summed E-state index contributed by atoms with van der Waals surface area (Å²) in [6.45, 7) is 5.19. The Hall–Kier alpha value is -1.92. The van der Waals surface area contributed by atoms with Gasteiger partial charge in [-0.1, -0.05) is 30.3 Å². The number of carbonyl (C=O) groups is 2. The molecule has 2 atom stereocenters. The Morgan fingerprint density at radius 2 is 1.84 bits per heavy atom. The number of morpholine rings is 1. The van der Waals surface area contributed by atoms with Crippen LogP contribution < -0.4 is 5.73 Å². The fourth-order valence-electron chi connectivity index (χ4n) is 3.73. The van der Waals surface area contributed by atoms with Gasteiger partial charge in [-0.15, -0.1) is 0 Å². The maximum atomic E-state index is 13.1. The van der Waals surface area contributed by atoms with E-state index >= 15 is 0 Å². The minimum atomic E-state index is -0.670. The number of benzene rings is 1. The zero-order valence-electron chi connectivity index (χ0n) is 14.9. The van der Waals surface area contributed by atoms with Crippen LogP contribution in [0.15, 0.2) is 30.3 Å². The number of carbonyl (C=O) groups excluding carboxylic acids is 2. The summed E-state index contributed by atoms with van der Waals surface area (Å²) in [5.41, 5.74) is 6.88. The van der Waals surface area contributed by atoms with Crippen molar-refractivity contribution in [3.8, 4) is 0 Å². The molecule has 3 rings (SSSR count). The molecule has 2 aliphatic heterocycles. The first kappa shape index (κ1) is 17.9. The van der Waals surface area contributed by atoms with Crippen LogP contribution >= 0.6 is 0 Å². The Kier molecular flexibility index (Phi) is 5.39. The van der Waals surface area contributed by atoms with E-state index < -0.39 is 12.1 Å². The van der Waals surface area contributed by atoms with Gasteiger partial charge in [0.05, 0.1) is 6.04 Å². The third-order valence-corrected chi connectivity index (χ3v) is 5.05. The fraction of sp³-hybridized carbons (Fsp3) is 0.579. The fourth-order valence-corrected chi connectivity index (χ4v) is 3.73. The molecule has 0 bridgehead atoms. The third kappa shape index (κ3) is 3.70. The van der Waals surface area contributed by atoms with Gasteiger partial charge in [0.15, 0.2) is 6.10 Å². The molecule has 2 N–H and O–H groups in total. The van der Waals surface area contributed by atoms with Crippen molar-refractivity contribution >= 4 is 11.8 Å². The van der Waals surface area contributed by atoms with Crippen LogP contribution in [0.3, 0.4) is 0 Å². The zero-order chi connectivity index (χ0) is 18.0. The largest absolute Gasteiger partial charge is 0.356 e. The molecule has 1 aromatic rings. The van der Waals surface area contributed by atoms with Crippen molar-refractivity contribution in [2.45, 2.75) is 50.9 Å². The molecule has 0 aliphatic carbocycles. The summed E-state index contributed by atoms with van der Waals surface area (Å²) >= 11 is 0. The number of amides is 2. The number of hydrogen-bond donors (Lipinski definition) is 1. The van der Waals surface area contributed by atoms with Gasteiger partial charge in [0.2, 0.25) is 5.91 Å². The van der Waals surface area contributed by atoms with E-state index in [1.807, 2.05) is 49.1 Å². The molecule has 6 heteroatoms. The van der Waals surface area contributed by atoms with Crippen molar-refractivity contribution in [3.63, 3.8) is 0 Å². The molecular weight excluding hydrogens is 318 g/mol. The molecule has 0 aromatic heterocycles. The SMILES string of the molecule is CC(C)N1C(=O)CO[C@H](C(=O)N2CCC(N)CC2)[C@H]1c1ccccc1. The highest BCUT2D eigenvalue weighted by Crippen LogP contribution is 2.33. The van der Waals surface area contributed by atoms with Gasteiger partial charge in [0.25, 0.3) is 5.91 Å². The molecule has 25 heavy (non-hydrogen) atoms. The molecule has 0 unspecified atom stereocenters. The zero-order valence-corrected chi connectivity index (χ0v) is 14.9.